The molecule has 31 heavy (non-hydrogen) atoms. The molecule has 0 unspecified atom stereocenters. The fourth-order valence-electron chi connectivity index (χ4n) is 4.37. The summed E-state index contributed by atoms with van der Waals surface area (Å²) < 4.78 is 6.56. The smallest absolute Gasteiger partial charge is 0.343 e. The summed E-state index contributed by atoms with van der Waals surface area (Å²) in [6, 6.07) is 15.3. The molecule has 2 aromatic rings. The van der Waals surface area contributed by atoms with Gasteiger partial charge in [-0.2, -0.15) is 0 Å². The number of ether oxygens (including phenoxy) is 1. The van der Waals surface area contributed by atoms with E-state index in [1.165, 1.54) is 56.9 Å². The summed E-state index contributed by atoms with van der Waals surface area (Å²) in [4.78, 5) is 12.3. The van der Waals surface area contributed by atoms with Crippen molar-refractivity contribution in [2.45, 2.75) is 71.1 Å². The highest BCUT2D eigenvalue weighted by atomic mass is 127. The van der Waals surface area contributed by atoms with Gasteiger partial charge in [0.1, 0.15) is 5.75 Å². The number of aryl methyl sites for hydroxylation is 1. The highest BCUT2D eigenvalue weighted by molar-refractivity contribution is 14.1. The first-order valence-electron chi connectivity index (χ1n) is 11.9. The minimum absolute atomic E-state index is 0.307. The van der Waals surface area contributed by atoms with Crippen LogP contribution in [0.2, 0.25) is 0 Å². The Morgan fingerprint density at radius 3 is 2.39 bits per heavy atom. The number of carbonyl (C=O) groups is 1. The van der Waals surface area contributed by atoms with Gasteiger partial charge in [0.2, 0.25) is 0 Å². The SMILES string of the molecule is CCCCC[C@H]1CC[C@H](C=CCCc2ccc(C(=O)Oc3ccc(I)cc3)cc2)CC1. The summed E-state index contributed by atoms with van der Waals surface area (Å²) in [5, 5.41) is 0. The van der Waals surface area contributed by atoms with Gasteiger partial charge in [-0.25, -0.2) is 4.79 Å². The second kappa shape index (κ2) is 13.0. The maximum absolute atomic E-state index is 12.3. The Bertz CT molecular complexity index is 815. The Hall–Kier alpha value is -1.62. The maximum atomic E-state index is 12.3. The summed E-state index contributed by atoms with van der Waals surface area (Å²) in [6.07, 6.45) is 18.0. The van der Waals surface area contributed by atoms with E-state index in [0.717, 1.165) is 28.2 Å². The van der Waals surface area contributed by atoms with Crippen molar-refractivity contribution in [1.29, 1.82) is 0 Å². The number of halogens is 1. The Kier molecular flexibility index (Phi) is 10.1. The van der Waals surface area contributed by atoms with E-state index in [2.05, 4.69) is 41.7 Å². The van der Waals surface area contributed by atoms with Gasteiger partial charge in [0.25, 0.3) is 0 Å². The molecule has 166 valence electrons. The first-order chi connectivity index (χ1) is 15.1. The highest BCUT2D eigenvalue weighted by Crippen LogP contribution is 2.32. The molecule has 0 N–H and O–H groups in total. The molecule has 0 bridgehead atoms. The lowest BCUT2D eigenvalue weighted by molar-refractivity contribution is 0.0734. The first kappa shape index (κ1) is 24.0. The van der Waals surface area contributed by atoms with E-state index in [0.29, 0.717) is 11.3 Å². The third-order valence-electron chi connectivity index (χ3n) is 6.33. The third kappa shape index (κ3) is 8.44. The molecule has 3 rings (SSSR count). The Morgan fingerprint density at radius 1 is 1.00 bits per heavy atom. The normalized spacial score (nSPS) is 18.9. The van der Waals surface area contributed by atoms with Crippen LogP contribution in [-0.2, 0) is 6.42 Å². The molecule has 0 atom stereocenters. The highest BCUT2D eigenvalue weighted by Gasteiger charge is 2.18. The molecule has 1 fully saturated rings. The topological polar surface area (TPSA) is 26.3 Å². The van der Waals surface area contributed by atoms with Crippen molar-refractivity contribution in [3.8, 4) is 5.75 Å². The quantitative estimate of drug-likeness (QED) is 0.101. The van der Waals surface area contributed by atoms with Crippen LogP contribution in [0.1, 0.15) is 80.6 Å². The predicted molar refractivity (Wildman–Crippen MR) is 138 cm³/mol. The Balaban J connectivity index is 1.36. The fourth-order valence-corrected chi connectivity index (χ4v) is 4.73. The van der Waals surface area contributed by atoms with E-state index in [1.54, 1.807) is 0 Å². The molecule has 0 spiro atoms. The van der Waals surface area contributed by atoms with Crippen LogP contribution in [0.3, 0.4) is 0 Å². The molecule has 2 nitrogen and oxygen atoms in total. The summed E-state index contributed by atoms with van der Waals surface area (Å²) in [5.41, 5.74) is 1.85. The number of hydrogen-bond acceptors (Lipinski definition) is 2. The van der Waals surface area contributed by atoms with Crippen LogP contribution in [0, 0.1) is 15.4 Å². The molecular formula is C28H35IO2. The van der Waals surface area contributed by atoms with E-state index < -0.39 is 0 Å². The third-order valence-corrected chi connectivity index (χ3v) is 7.05. The van der Waals surface area contributed by atoms with E-state index in [9.17, 15) is 4.79 Å². The molecule has 0 heterocycles. The van der Waals surface area contributed by atoms with Crippen molar-refractivity contribution in [3.63, 3.8) is 0 Å². The van der Waals surface area contributed by atoms with Gasteiger partial charge in [0.15, 0.2) is 0 Å². The number of allylic oxidation sites excluding steroid dienone is 2. The second-order valence-electron chi connectivity index (χ2n) is 8.78. The summed E-state index contributed by atoms with van der Waals surface area (Å²) in [6.45, 7) is 2.29. The molecule has 2 aromatic carbocycles. The number of esters is 1. The van der Waals surface area contributed by atoms with E-state index in [-0.39, 0.29) is 5.97 Å². The van der Waals surface area contributed by atoms with Crippen molar-refractivity contribution in [2.24, 2.45) is 11.8 Å². The van der Waals surface area contributed by atoms with Gasteiger partial charge in [-0.3, -0.25) is 0 Å². The van der Waals surface area contributed by atoms with Crippen molar-refractivity contribution in [2.75, 3.05) is 0 Å². The van der Waals surface area contributed by atoms with Gasteiger partial charge in [-0.1, -0.05) is 56.9 Å². The Morgan fingerprint density at radius 2 is 1.71 bits per heavy atom. The van der Waals surface area contributed by atoms with Gasteiger partial charge in [0, 0.05) is 3.57 Å². The van der Waals surface area contributed by atoms with Crippen molar-refractivity contribution >= 4 is 28.6 Å². The van der Waals surface area contributed by atoms with E-state index >= 15 is 0 Å². The molecular weight excluding hydrogens is 495 g/mol. The standard InChI is InChI=1S/C28H35IO2/c1-2-3-4-7-22-10-12-23(13-11-22)8-5-6-9-24-14-16-25(17-15-24)28(30)31-27-20-18-26(29)19-21-27/h5,8,14-23H,2-4,6-7,9-13H2,1H3/t22-,23-. The number of hydrogen-bond donors (Lipinski definition) is 0. The van der Waals surface area contributed by atoms with Gasteiger partial charge < -0.3 is 4.74 Å². The lowest BCUT2D eigenvalue weighted by Gasteiger charge is -2.26. The molecule has 1 saturated carbocycles. The maximum Gasteiger partial charge on any atom is 0.343 e. The Labute approximate surface area is 201 Å². The minimum Gasteiger partial charge on any atom is -0.423 e. The van der Waals surface area contributed by atoms with Crippen LogP contribution in [0.4, 0.5) is 0 Å². The molecule has 0 saturated heterocycles. The zero-order valence-corrected chi connectivity index (χ0v) is 20.9. The zero-order valence-electron chi connectivity index (χ0n) is 18.7. The molecule has 3 heteroatoms. The van der Waals surface area contributed by atoms with Gasteiger partial charge in [0.05, 0.1) is 5.56 Å². The lowest BCUT2D eigenvalue weighted by Crippen LogP contribution is -2.13. The zero-order chi connectivity index (χ0) is 21.9. The number of carbonyl (C=O) groups excluding carboxylic acids is 1. The minimum atomic E-state index is -0.307. The monoisotopic (exact) mass is 530 g/mol. The van der Waals surface area contributed by atoms with E-state index in [4.69, 9.17) is 4.74 Å². The van der Waals surface area contributed by atoms with Crippen molar-refractivity contribution in [3.05, 3.63) is 75.4 Å². The van der Waals surface area contributed by atoms with Gasteiger partial charge in [-0.05, 0) is 115 Å². The van der Waals surface area contributed by atoms with Crippen LogP contribution in [-0.4, -0.2) is 5.97 Å². The summed E-state index contributed by atoms with van der Waals surface area (Å²) in [7, 11) is 0. The summed E-state index contributed by atoms with van der Waals surface area (Å²) >= 11 is 2.23. The molecule has 0 aliphatic heterocycles. The molecule has 0 radical (unpaired) electrons. The fraction of sp³-hybridized carbons (Fsp3) is 0.464. The van der Waals surface area contributed by atoms with Crippen LogP contribution in [0.25, 0.3) is 0 Å². The average molecular weight is 530 g/mol. The van der Waals surface area contributed by atoms with Gasteiger partial charge >= 0.3 is 5.97 Å². The molecule has 1 aliphatic carbocycles. The summed E-state index contributed by atoms with van der Waals surface area (Å²) in [5.74, 6) is 2.03. The van der Waals surface area contributed by atoms with Crippen LogP contribution in [0.15, 0.2) is 60.7 Å². The molecule has 1 aliphatic rings. The second-order valence-corrected chi connectivity index (χ2v) is 10.0. The number of benzene rings is 2. The average Bonchev–Trinajstić information content (AvgIpc) is 2.80. The van der Waals surface area contributed by atoms with Crippen molar-refractivity contribution in [1.82, 2.24) is 0 Å². The largest absolute Gasteiger partial charge is 0.423 e. The number of unbranched alkanes of at least 4 members (excludes halogenated alkanes) is 2. The van der Waals surface area contributed by atoms with Crippen LogP contribution in [0.5, 0.6) is 5.75 Å². The lowest BCUT2D eigenvalue weighted by atomic mass is 9.79. The van der Waals surface area contributed by atoms with Crippen molar-refractivity contribution < 1.29 is 9.53 Å². The van der Waals surface area contributed by atoms with Crippen LogP contribution < -0.4 is 4.74 Å². The van der Waals surface area contributed by atoms with E-state index in [1.807, 2.05) is 48.5 Å². The molecule has 0 amide bonds. The first-order valence-corrected chi connectivity index (χ1v) is 12.9. The van der Waals surface area contributed by atoms with Gasteiger partial charge in [-0.15, -0.1) is 0 Å². The predicted octanol–water partition coefficient (Wildman–Crippen LogP) is 8.39. The number of rotatable bonds is 10. The van der Waals surface area contributed by atoms with Crippen LogP contribution >= 0.6 is 22.6 Å². The molecule has 0 aromatic heterocycles.